The van der Waals surface area contributed by atoms with Gasteiger partial charge in [-0.3, -0.25) is 4.90 Å². The van der Waals surface area contributed by atoms with Crippen LogP contribution in [0.1, 0.15) is 33.4 Å². The third-order valence-corrected chi connectivity index (χ3v) is 4.20. The molecule has 0 aliphatic carbocycles. The smallest absolute Gasteiger partial charge is 0.298 e. The largest absolute Gasteiger partial charge is 0.416 e. The maximum absolute atomic E-state index is 12.9. The highest BCUT2D eigenvalue weighted by Crippen LogP contribution is 2.38. The molecule has 0 aromatic heterocycles. The first-order valence-corrected chi connectivity index (χ1v) is 8.52. The summed E-state index contributed by atoms with van der Waals surface area (Å²) in [4.78, 5) is 0.991. The van der Waals surface area contributed by atoms with E-state index in [1.807, 2.05) is 0 Å². The van der Waals surface area contributed by atoms with Crippen molar-refractivity contribution in [1.82, 2.24) is 4.90 Å². The minimum atomic E-state index is -5.10. The summed E-state index contributed by atoms with van der Waals surface area (Å²) in [7, 11) is 1.13. The van der Waals surface area contributed by atoms with E-state index in [4.69, 9.17) is 0 Å². The highest BCUT2D eigenvalue weighted by atomic mass is 19.4. The molecule has 0 aliphatic rings. The van der Waals surface area contributed by atoms with Crippen molar-refractivity contribution in [3.05, 3.63) is 69.8 Å². The zero-order chi connectivity index (χ0) is 24.7. The van der Waals surface area contributed by atoms with E-state index in [0.29, 0.717) is 24.3 Å². The Balaban J connectivity index is 2.38. The van der Waals surface area contributed by atoms with E-state index < -0.39 is 71.2 Å². The van der Waals surface area contributed by atoms with Gasteiger partial charge in [0.2, 0.25) is 0 Å². The topological polar surface area (TPSA) is 3.24 Å². The Hall–Kier alpha value is -2.44. The van der Waals surface area contributed by atoms with Gasteiger partial charge in [-0.25, -0.2) is 0 Å². The number of alkyl halides is 12. The molecule has 0 N–H and O–H groups in total. The highest BCUT2D eigenvalue weighted by molar-refractivity contribution is 5.35. The molecule has 0 atom stereocenters. The molecule has 0 unspecified atom stereocenters. The quantitative estimate of drug-likeness (QED) is 0.410. The predicted molar refractivity (Wildman–Crippen MR) is 88.1 cm³/mol. The lowest BCUT2D eigenvalue weighted by atomic mass is 10.0. The molecule has 32 heavy (non-hydrogen) atoms. The molecule has 178 valence electrons. The maximum atomic E-state index is 12.9. The van der Waals surface area contributed by atoms with Crippen LogP contribution >= 0.6 is 0 Å². The van der Waals surface area contributed by atoms with Gasteiger partial charge in [-0.2, -0.15) is 52.7 Å². The second-order valence-electron chi connectivity index (χ2n) is 7.00. The van der Waals surface area contributed by atoms with E-state index in [2.05, 4.69) is 0 Å². The minimum absolute atomic E-state index is 0.0914. The number of rotatable bonds is 4. The van der Waals surface area contributed by atoms with Crippen LogP contribution < -0.4 is 0 Å². The normalized spacial score (nSPS) is 13.7. The van der Waals surface area contributed by atoms with Crippen molar-refractivity contribution in [3.8, 4) is 0 Å². The number of nitrogens with zero attached hydrogens (tertiary/aromatic N) is 1. The van der Waals surface area contributed by atoms with Gasteiger partial charge in [0.15, 0.2) is 0 Å². The molecule has 0 saturated heterocycles. The maximum Gasteiger partial charge on any atom is 0.416 e. The second kappa shape index (κ2) is 8.49. The van der Waals surface area contributed by atoms with Crippen molar-refractivity contribution in [1.29, 1.82) is 0 Å². The van der Waals surface area contributed by atoms with E-state index >= 15 is 0 Å². The van der Waals surface area contributed by atoms with Gasteiger partial charge < -0.3 is 0 Å². The average molecular weight is 483 g/mol. The molecule has 2 aromatic rings. The molecule has 0 amide bonds. The Morgan fingerprint density at radius 2 is 0.688 bits per heavy atom. The van der Waals surface area contributed by atoms with Gasteiger partial charge in [-0.15, -0.1) is 0 Å². The van der Waals surface area contributed by atoms with Crippen LogP contribution in [-0.4, -0.2) is 11.9 Å². The fourth-order valence-corrected chi connectivity index (χ4v) is 2.90. The summed E-state index contributed by atoms with van der Waals surface area (Å²) in [6, 6.07) is 1.54. The van der Waals surface area contributed by atoms with Gasteiger partial charge in [0.05, 0.1) is 22.3 Å². The summed E-state index contributed by atoms with van der Waals surface area (Å²) >= 11 is 0. The summed E-state index contributed by atoms with van der Waals surface area (Å²) in [6.07, 6.45) is -20.4. The van der Waals surface area contributed by atoms with Crippen molar-refractivity contribution in [2.24, 2.45) is 0 Å². The second-order valence-corrected chi connectivity index (χ2v) is 7.00. The monoisotopic (exact) mass is 483 g/mol. The number of hydrogen-bond acceptors (Lipinski definition) is 1. The van der Waals surface area contributed by atoms with E-state index in [9.17, 15) is 52.7 Å². The first kappa shape index (κ1) is 25.8. The summed E-state index contributed by atoms with van der Waals surface area (Å²) < 4.78 is 155. The van der Waals surface area contributed by atoms with Crippen LogP contribution in [0.25, 0.3) is 0 Å². The van der Waals surface area contributed by atoms with Crippen LogP contribution in [0.15, 0.2) is 36.4 Å². The summed E-state index contributed by atoms with van der Waals surface area (Å²) in [5, 5.41) is 0. The van der Waals surface area contributed by atoms with Gasteiger partial charge in [0, 0.05) is 13.1 Å². The molecular formula is C19H13F12N. The Bertz CT molecular complexity index is 809. The fraction of sp³-hybridized carbons (Fsp3) is 0.368. The van der Waals surface area contributed by atoms with E-state index in [1.54, 1.807) is 0 Å². The molecule has 2 aromatic carbocycles. The summed E-state index contributed by atoms with van der Waals surface area (Å²) in [5.74, 6) is 0. The molecule has 0 saturated carbocycles. The molecule has 0 bridgehead atoms. The first-order valence-electron chi connectivity index (χ1n) is 8.52. The van der Waals surface area contributed by atoms with Crippen LogP contribution in [-0.2, 0) is 37.8 Å². The number of benzene rings is 2. The zero-order valence-electron chi connectivity index (χ0n) is 15.9. The Kier molecular flexibility index (Phi) is 6.85. The fourth-order valence-electron chi connectivity index (χ4n) is 2.90. The number of halogens is 12. The van der Waals surface area contributed by atoms with Gasteiger partial charge in [-0.1, -0.05) is 0 Å². The summed E-state index contributed by atoms with van der Waals surface area (Å²) in [5.41, 5.74) is -7.30. The lowest BCUT2D eigenvalue weighted by Gasteiger charge is -2.21. The molecule has 0 fully saturated rings. The third-order valence-electron chi connectivity index (χ3n) is 4.20. The van der Waals surface area contributed by atoms with Crippen LogP contribution in [0.5, 0.6) is 0 Å². The van der Waals surface area contributed by atoms with E-state index in [1.165, 1.54) is 0 Å². The Morgan fingerprint density at radius 3 is 0.875 bits per heavy atom. The number of hydrogen-bond donors (Lipinski definition) is 0. The molecule has 0 aliphatic heterocycles. The van der Waals surface area contributed by atoms with Gasteiger partial charge >= 0.3 is 24.7 Å². The lowest BCUT2D eigenvalue weighted by molar-refractivity contribution is -0.144. The van der Waals surface area contributed by atoms with Gasteiger partial charge in [0.25, 0.3) is 0 Å². The van der Waals surface area contributed by atoms with Crippen molar-refractivity contribution in [2.45, 2.75) is 37.8 Å². The molecular weight excluding hydrogens is 470 g/mol. The molecule has 13 heteroatoms. The first-order chi connectivity index (χ1) is 14.3. The van der Waals surface area contributed by atoms with Gasteiger partial charge in [-0.05, 0) is 54.6 Å². The Morgan fingerprint density at radius 1 is 0.469 bits per heavy atom. The predicted octanol–water partition coefficient (Wildman–Crippen LogP) is 7.39. The molecule has 0 heterocycles. The van der Waals surface area contributed by atoms with Crippen molar-refractivity contribution >= 4 is 0 Å². The molecule has 2 rings (SSSR count). The standard InChI is InChI=1S/C19H13F12N/c1-32(8-10-2-12(16(20,21)22)6-13(3-10)17(23,24)25)9-11-4-14(18(26,27)28)7-15(5-11)19(29,30)31/h2-7H,8-9H2,1H3. The molecule has 0 spiro atoms. The third kappa shape index (κ3) is 6.78. The molecule has 0 radical (unpaired) electrons. The zero-order valence-corrected chi connectivity index (χ0v) is 15.9. The Labute approximate surface area is 173 Å². The molecule has 1 nitrogen and oxygen atoms in total. The summed E-state index contributed by atoms with van der Waals surface area (Å²) in [6.45, 7) is -1.21. The van der Waals surface area contributed by atoms with Crippen LogP contribution in [0, 0.1) is 0 Å². The van der Waals surface area contributed by atoms with Crippen molar-refractivity contribution in [3.63, 3.8) is 0 Å². The SMILES string of the molecule is CN(Cc1cc(C(F)(F)F)cc(C(F)(F)F)c1)Cc1cc(C(F)(F)F)cc(C(F)(F)F)c1. The van der Waals surface area contributed by atoms with Crippen LogP contribution in [0.4, 0.5) is 52.7 Å². The average Bonchev–Trinajstić information content (AvgIpc) is 2.58. The van der Waals surface area contributed by atoms with E-state index in [0.717, 1.165) is 11.9 Å². The lowest BCUT2D eigenvalue weighted by Crippen LogP contribution is -2.20. The van der Waals surface area contributed by atoms with Crippen molar-refractivity contribution < 1.29 is 52.7 Å². The van der Waals surface area contributed by atoms with Crippen molar-refractivity contribution in [2.75, 3.05) is 7.05 Å². The minimum Gasteiger partial charge on any atom is -0.298 e. The van der Waals surface area contributed by atoms with Crippen LogP contribution in [0.3, 0.4) is 0 Å². The van der Waals surface area contributed by atoms with Crippen LogP contribution in [0.2, 0.25) is 0 Å². The highest BCUT2D eigenvalue weighted by Gasteiger charge is 2.38. The van der Waals surface area contributed by atoms with E-state index in [-0.39, 0.29) is 12.1 Å². The van der Waals surface area contributed by atoms with Gasteiger partial charge in [0.1, 0.15) is 0 Å².